The molecule has 3 rings (SSSR count). The molecular weight excluding hydrogens is 288 g/mol. The molecule has 2 N–H and O–H groups in total. The zero-order valence-electron chi connectivity index (χ0n) is 13.1. The van der Waals surface area contributed by atoms with E-state index in [-0.39, 0.29) is 0 Å². The average Bonchev–Trinajstić information content (AvgIpc) is 2.56. The van der Waals surface area contributed by atoms with Gasteiger partial charge in [-0.25, -0.2) is 0 Å². The van der Waals surface area contributed by atoms with Crippen LogP contribution in [0.4, 0.5) is 0 Å². The number of carboxylic acid groups (broad SMARTS) is 1. The van der Waals surface area contributed by atoms with Gasteiger partial charge in [0.2, 0.25) is 0 Å². The van der Waals surface area contributed by atoms with Gasteiger partial charge in [0, 0.05) is 0 Å². The molecule has 0 heterocycles. The van der Waals surface area contributed by atoms with Crippen LogP contribution in [0.2, 0.25) is 0 Å². The van der Waals surface area contributed by atoms with Crippen molar-refractivity contribution in [2.75, 3.05) is 0 Å². The minimum absolute atomic E-state index is 0.549. The van der Waals surface area contributed by atoms with Crippen LogP contribution in [0.25, 0.3) is 11.1 Å². The summed E-state index contributed by atoms with van der Waals surface area (Å²) < 4.78 is 0. The van der Waals surface area contributed by atoms with Gasteiger partial charge in [-0.3, -0.25) is 4.79 Å². The second kappa shape index (κ2) is 6.55. The van der Waals surface area contributed by atoms with Crippen molar-refractivity contribution in [3.8, 4) is 11.1 Å². The van der Waals surface area contributed by atoms with Gasteiger partial charge in [-0.15, -0.1) is 0 Å². The highest BCUT2D eigenvalue weighted by atomic mass is 16.4. The molecule has 2 aromatic carbocycles. The first-order valence-electron chi connectivity index (χ1n) is 8.21. The second-order valence-corrected chi connectivity index (χ2v) is 6.39. The van der Waals surface area contributed by atoms with Crippen LogP contribution in [0.15, 0.2) is 54.6 Å². The molecule has 0 saturated heterocycles. The Morgan fingerprint density at radius 2 is 1.52 bits per heavy atom. The molecule has 3 nitrogen and oxygen atoms in total. The number of carbonyl (C=O) groups is 1. The number of benzene rings is 2. The molecule has 0 bridgehead atoms. The first kappa shape index (κ1) is 15.8. The summed E-state index contributed by atoms with van der Waals surface area (Å²) in [4.78, 5) is 12.0. The van der Waals surface area contributed by atoms with Crippen molar-refractivity contribution in [2.24, 2.45) is 0 Å². The lowest BCUT2D eigenvalue weighted by molar-refractivity contribution is -0.147. The van der Waals surface area contributed by atoms with Crippen molar-refractivity contribution in [2.45, 2.75) is 43.6 Å². The van der Waals surface area contributed by atoms with Crippen molar-refractivity contribution < 1.29 is 15.0 Å². The van der Waals surface area contributed by atoms with Gasteiger partial charge in [0.15, 0.2) is 0 Å². The third-order valence-electron chi connectivity index (χ3n) is 4.86. The summed E-state index contributed by atoms with van der Waals surface area (Å²) in [6, 6.07) is 17.3. The molecule has 23 heavy (non-hydrogen) atoms. The number of hydrogen-bond donors (Lipinski definition) is 2. The van der Waals surface area contributed by atoms with E-state index in [1.807, 2.05) is 54.6 Å². The molecule has 1 fully saturated rings. The van der Waals surface area contributed by atoms with Gasteiger partial charge in [0.05, 0.1) is 5.60 Å². The molecule has 2 aromatic rings. The van der Waals surface area contributed by atoms with E-state index in [1.165, 1.54) is 0 Å². The Labute approximate surface area is 136 Å². The highest BCUT2D eigenvalue weighted by molar-refractivity contribution is 5.82. The average molecular weight is 310 g/mol. The topological polar surface area (TPSA) is 57.5 Å². The second-order valence-electron chi connectivity index (χ2n) is 6.39. The summed E-state index contributed by atoms with van der Waals surface area (Å²) in [5, 5.41) is 20.9. The predicted octanol–water partition coefficient (Wildman–Crippen LogP) is 4.22. The van der Waals surface area contributed by atoms with E-state index in [0.29, 0.717) is 18.4 Å². The van der Waals surface area contributed by atoms with Crippen molar-refractivity contribution in [3.63, 3.8) is 0 Å². The van der Waals surface area contributed by atoms with Crippen molar-refractivity contribution in [1.29, 1.82) is 0 Å². The van der Waals surface area contributed by atoms with Gasteiger partial charge in [0.25, 0.3) is 0 Å². The lowest BCUT2D eigenvalue weighted by Gasteiger charge is -2.38. The Bertz CT molecular complexity index is 672. The minimum Gasteiger partial charge on any atom is -0.481 e. The van der Waals surface area contributed by atoms with Crippen LogP contribution >= 0.6 is 0 Å². The van der Waals surface area contributed by atoms with Crippen LogP contribution in [-0.2, 0) is 4.79 Å². The third-order valence-corrected chi connectivity index (χ3v) is 4.86. The zero-order chi connectivity index (χ0) is 16.3. The van der Waals surface area contributed by atoms with E-state index in [0.717, 1.165) is 30.4 Å². The van der Waals surface area contributed by atoms with Crippen LogP contribution in [0.1, 0.15) is 43.6 Å². The molecule has 0 aromatic heterocycles. The summed E-state index contributed by atoms with van der Waals surface area (Å²) in [7, 11) is 0. The molecule has 3 heteroatoms. The minimum atomic E-state index is -1.16. The predicted molar refractivity (Wildman–Crippen MR) is 90.3 cm³/mol. The maximum Gasteiger partial charge on any atom is 0.313 e. The molecule has 0 radical (unpaired) electrons. The first-order valence-corrected chi connectivity index (χ1v) is 8.21. The van der Waals surface area contributed by atoms with Gasteiger partial charge in [-0.2, -0.15) is 0 Å². The molecule has 1 aliphatic carbocycles. The molecule has 1 atom stereocenters. The van der Waals surface area contributed by atoms with E-state index in [4.69, 9.17) is 0 Å². The first-order chi connectivity index (χ1) is 11.1. The fourth-order valence-electron chi connectivity index (χ4n) is 3.73. The quantitative estimate of drug-likeness (QED) is 0.889. The Morgan fingerprint density at radius 3 is 2.17 bits per heavy atom. The van der Waals surface area contributed by atoms with Gasteiger partial charge in [0.1, 0.15) is 5.92 Å². The molecular formula is C20H22O3. The summed E-state index contributed by atoms with van der Waals surface area (Å²) in [6.45, 7) is 0. The SMILES string of the molecule is O=C(O)C(c1ccccc1-c1ccccc1)C1(O)CCCCC1. The Hall–Kier alpha value is -2.13. The van der Waals surface area contributed by atoms with Crippen molar-refractivity contribution in [3.05, 3.63) is 60.2 Å². The summed E-state index contributed by atoms with van der Waals surface area (Å²) >= 11 is 0. The van der Waals surface area contributed by atoms with Crippen molar-refractivity contribution in [1.82, 2.24) is 0 Å². The molecule has 1 saturated carbocycles. The summed E-state index contributed by atoms with van der Waals surface area (Å²) in [5.41, 5.74) is 1.42. The van der Waals surface area contributed by atoms with Gasteiger partial charge in [-0.1, -0.05) is 73.9 Å². The number of rotatable bonds is 4. The molecule has 120 valence electrons. The van der Waals surface area contributed by atoms with Gasteiger partial charge in [-0.05, 0) is 29.5 Å². The van der Waals surface area contributed by atoms with Crippen LogP contribution in [0.3, 0.4) is 0 Å². The number of aliphatic hydroxyl groups is 1. The van der Waals surface area contributed by atoms with E-state index in [1.54, 1.807) is 0 Å². The van der Waals surface area contributed by atoms with Crippen LogP contribution in [-0.4, -0.2) is 21.8 Å². The monoisotopic (exact) mass is 310 g/mol. The van der Waals surface area contributed by atoms with Crippen LogP contribution in [0, 0.1) is 0 Å². The third kappa shape index (κ3) is 3.15. The maximum atomic E-state index is 12.0. The summed E-state index contributed by atoms with van der Waals surface area (Å²) in [5.74, 6) is -1.84. The number of hydrogen-bond acceptors (Lipinski definition) is 2. The molecule has 0 spiro atoms. The standard InChI is InChI=1S/C20H22O3/c21-19(22)18(20(23)13-7-2-8-14-20)17-12-6-5-11-16(17)15-9-3-1-4-10-15/h1,3-6,9-12,18,23H,2,7-8,13-14H2,(H,21,22). The zero-order valence-corrected chi connectivity index (χ0v) is 13.1. The fourth-order valence-corrected chi connectivity index (χ4v) is 3.73. The van der Waals surface area contributed by atoms with Gasteiger partial charge < -0.3 is 10.2 Å². The van der Waals surface area contributed by atoms with Crippen LogP contribution in [0.5, 0.6) is 0 Å². The Balaban J connectivity index is 2.09. The lowest BCUT2D eigenvalue weighted by Crippen LogP contribution is -2.42. The van der Waals surface area contributed by atoms with E-state index in [2.05, 4.69) is 0 Å². The highest BCUT2D eigenvalue weighted by Gasteiger charge is 2.44. The Kier molecular flexibility index (Phi) is 4.49. The number of carboxylic acids is 1. The summed E-state index contributed by atoms with van der Waals surface area (Å²) in [6.07, 6.45) is 3.93. The maximum absolute atomic E-state index is 12.0. The lowest BCUT2D eigenvalue weighted by atomic mass is 9.71. The molecule has 1 unspecified atom stereocenters. The molecule has 0 amide bonds. The van der Waals surface area contributed by atoms with Crippen LogP contribution < -0.4 is 0 Å². The van der Waals surface area contributed by atoms with Gasteiger partial charge >= 0.3 is 5.97 Å². The molecule has 1 aliphatic rings. The number of aliphatic carboxylic acids is 1. The normalized spacial score (nSPS) is 18.3. The smallest absolute Gasteiger partial charge is 0.313 e. The van der Waals surface area contributed by atoms with E-state index < -0.39 is 17.5 Å². The Morgan fingerprint density at radius 1 is 0.913 bits per heavy atom. The molecule has 0 aliphatic heterocycles. The van der Waals surface area contributed by atoms with Crippen molar-refractivity contribution >= 4 is 5.97 Å². The fraction of sp³-hybridized carbons (Fsp3) is 0.350. The van der Waals surface area contributed by atoms with E-state index >= 15 is 0 Å². The highest BCUT2D eigenvalue weighted by Crippen LogP contribution is 2.43. The van der Waals surface area contributed by atoms with E-state index in [9.17, 15) is 15.0 Å². The largest absolute Gasteiger partial charge is 0.481 e.